The second-order valence-corrected chi connectivity index (χ2v) is 6.49. The predicted octanol–water partition coefficient (Wildman–Crippen LogP) is 1.92. The molecule has 1 aromatic heterocycles. The van der Waals surface area contributed by atoms with Crippen LogP contribution in [0.4, 0.5) is 0 Å². The molecule has 3 N–H and O–H groups in total. The molecule has 0 aliphatic heterocycles. The van der Waals surface area contributed by atoms with E-state index in [2.05, 4.69) is 5.32 Å². The zero-order valence-corrected chi connectivity index (χ0v) is 13.0. The van der Waals surface area contributed by atoms with Gasteiger partial charge in [0.1, 0.15) is 17.1 Å². The Morgan fingerprint density at radius 1 is 1.43 bits per heavy atom. The summed E-state index contributed by atoms with van der Waals surface area (Å²) in [5.74, 6) is 1.16. The van der Waals surface area contributed by atoms with Gasteiger partial charge in [0.25, 0.3) is 0 Å². The normalized spacial score (nSPS) is 20.2. The van der Waals surface area contributed by atoms with Crippen molar-refractivity contribution in [2.24, 2.45) is 0 Å². The molecule has 5 heteroatoms. The number of aryl methyl sites for hydroxylation is 2. The molecule has 0 bridgehead atoms. The SMILES string of the molecule is Cc1cc(C(C)(O)CNC(=O)CC2(O)CCCC2)c(C)o1. The Balaban J connectivity index is 1.92. The third-order valence-electron chi connectivity index (χ3n) is 4.27. The number of hydrogen-bond donors (Lipinski definition) is 3. The number of hydrogen-bond acceptors (Lipinski definition) is 4. The van der Waals surface area contributed by atoms with Crippen LogP contribution in [0.3, 0.4) is 0 Å². The molecular weight excluding hydrogens is 270 g/mol. The third kappa shape index (κ3) is 3.86. The van der Waals surface area contributed by atoms with E-state index in [-0.39, 0.29) is 18.9 Å². The van der Waals surface area contributed by atoms with Crippen molar-refractivity contribution in [3.8, 4) is 0 Å². The maximum absolute atomic E-state index is 12.0. The minimum atomic E-state index is -1.18. The predicted molar refractivity (Wildman–Crippen MR) is 78.8 cm³/mol. The largest absolute Gasteiger partial charge is 0.466 e. The summed E-state index contributed by atoms with van der Waals surface area (Å²) in [4.78, 5) is 12.0. The molecule has 1 atom stereocenters. The fourth-order valence-corrected chi connectivity index (χ4v) is 3.10. The number of carbonyl (C=O) groups excluding carboxylic acids is 1. The molecule has 0 spiro atoms. The highest BCUT2D eigenvalue weighted by Crippen LogP contribution is 2.32. The smallest absolute Gasteiger partial charge is 0.223 e. The Morgan fingerprint density at radius 2 is 2.05 bits per heavy atom. The Kier molecular flexibility index (Phi) is 4.44. The summed E-state index contributed by atoms with van der Waals surface area (Å²) in [6.45, 7) is 5.36. The molecule has 0 aromatic carbocycles. The van der Waals surface area contributed by atoms with Crippen molar-refractivity contribution >= 4 is 5.91 Å². The van der Waals surface area contributed by atoms with Gasteiger partial charge in [0.2, 0.25) is 5.91 Å². The first-order chi connectivity index (χ1) is 9.72. The average molecular weight is 295 g/mol. The highest BCUT2D eigenvalue weighted by molar-refractivity contribution is 5.77. The van der Waals surface area contributed by atoms with Crippen LogP contribution in [0.25, 0.3) is 0 Å². The van der Waals surface area contributed by atoms with Crippen LogP contribution in [0.5, 0.6) is 0 Å². The quantitative estimate of drug-likeness (QED) is 0.775. The second-order valence-electron chi connectivity index (χ2n) is 6.49. The van der Waals surface area contributed by atoms with Gasteiger partial charge in [-0.15, -0.1) is 0 Å². The van der Waals surface area contributed by atoms with Crippen LogP contribution >= 0.6 is 0 Å². The summed E-state index contributed by atoms with van der Waals surface area (Å²) in [6.07, 6.45) is 3.39. The molecule has 21 heavy (non-hydrogen) atoms. The summed E-state index contributed by atoms with van der Waals surface area (Å²) in [7, 11) is 0. The number of aliphatic hydroxyl groups is 2. The molecule has 1 saturated carbocycles. The standard InChI is InChI=1S/C16H25NO4/c1-11-8-13(12(2)21-11)15(3,19)10-17-14(18)9-16(20)6-4-5-7-16/h8,19-20H,4-7,9-10H2,1-3H3,(H,17,18). The Morgan fingerprint density at radius 3 is 2.57 bits per heavy atom. The second kappa shape index (κ2) is 5.81. The fourth-order valence-electron chi connectivity index (χ4n) is 3.10. The van der Waals surface area contributed by atoms with E-state index in [1.165, 1.54) is 0 Å². The van der Waals surface area contributed by atoms with Gasteiger partial charge in [-0.05, 0) is 39.7 Å². The van der Waals surface area contributed by atoms with Crippen LogP contribution < -0.4 is 5.32 Å². The van der Waals surface area contributed by atoms with Crippen molar-refractivity contribution in [1.29, 1.82) is 0 Å². The number of rotatable bonds is 5. The van der Waals surface area contributed by atoms with E-state index >= 15 is 0 Å². The molecule has 2 rings (SSSR count). The van der Waals surface area contributed by atoms with Gasteiger partial charge in [-0.2, -0.15) is 0 Å². The van der Waals surface area contributed by atoms with Crippen LogP contribution in [0.15, 0.2) is 10.5 Å². The van der Waals surface area contributed by atoms with E-state index in [4.69, 9.17) is 4.42 Å². The Bertz CT molecular complexity index is 512. The summed E-state index contributed by atoms with van der Waals surface area (Å²) in [5, 5.41) is 23.5. The van der Waals surface area contributed by atoms with Gasteiger partial charge >= 0.3 is 0 Å². The lowest BCUT2D eigenvalue weighted by Gasteiger charge is -2.25. The molecule has 118 valence electrons. The van der Waals surface area contributed by atoms with Gasteiger partial charge in [-0.25, -0.2) is 0 Å². The summed E-state index contributed by atoms with van der Waals surface area (Å²) >= 11 is 0. The number of carbonyl (C=O) groups is 1. The fraction of sp³-hybridized carbons (Fsp3) is 0.688. The first-order valence-electron chi connectivity index (χ1n) is 7.51. The van der Waals surface area contributed by atoms with Gasteiger partial charge in [-0.1, -0.05) is 12.8 Å². The van der Waals surface area contributed by atoms with Crippen LogP contribution in [0.1, 0.15) is 56.1 Å². The van der Waals surface area contributed by atoms with Crippen molar-refractivity contribution in [1.82, 2.24) is 5.32 Å². The maximum Gasteiger partial charge on any atom is 0.223 e. The lowest BCUT2D eigenvalue weighted by atomic mass is 9.95. The van der Waals surface area contributed by atoms with E-state index in [0.717, 1.165) is 18.6 Å². The van der Waals surface area contributed by atoms with E-state index in [1.54, 1.807) is 19.9 Å². The van der Waals surface area contributed by atoms with E-state index < -0.39 is 11.2 Å². The molecule has 0 saturated heterocycles. The monoisotopic (exact) mass is 295 g/mol. The third-order valence-corrected chi connectivity index (χ3v) is 4.27. The summed E-state index contributed by atoms with van der Waals surface area (Å²) in [6, 6.07) is 1.78. The van der Waals surface area contributed by atoms with Crippen molar-refractivity contribution < 1.29 is 19.4 Å². The minimum Gasteiger partial charge on any atom is -0.466 e. The van der Waals surface area contributed by atoms with Crippen LogP contribution in [0, 0.1) is 13.8 Å². The van der Waals surface area contributed by atoms with E-state index in [0.29, 0.717) is 24.2 Å². The highest BCUT2D eigenvalue weighted by Gasteiger charge is 2.34. The summed E-state index contributed by atoms with van der Waals surface area (Å²) in [5.41, 5.74) is -1.37. The number of nitrogens with one attached hydrogen (secondary N) is 1. The van der Waals surface area contributed by atoms with Crippen molar-refractivity contribution in [3.05, 3.63) is 23.2 Å². The molecule has 1 fully saturated rings. The maximum atomic E-state index is 12.0. The summed E-state index contributed by atoms with van der Waals surface area (Å²) < 4.78 is 5.42. The lowest BCUT2D eigenvalue weighted by Crippen LogP contribution is -2.41. The molecule has 1 aromatic rings. The first kappa shape index (κ1) is 16.0. The van der Waals surface area contributed by atoms with E-state index in [1.807, 2.05) is 6.92 Å². The molecule has 1 heterocycles. The van der Waals surface area contributed by atoms with Crippen LogP contribution in [-0.2, 0) is 10.4 Å². The van der Waals surface area contributed by atoms with Gasteiger partial charge < -0.3 is 19.9 Å². The molecule has 1 aliphatic carbocycles. The van der Waals surface area contributed by atoms with Gasteiger partial charge in [-0.3, -0.25) is 4.79 Å². The Labute approximate surface area is 125 Å². The first-order valence-corrected chi connectivity index (χ1v) is 7.51. The molecule has 5 nitrogen and oxygen atoms in total. The molecule has 0 radical (unpaired) electrons. The van der Waals surface area contributed by atoms with Crippen LogP contribution in [-0.4, -0.2) is 28.3 Å². The lowest BCUT2D eigenvalue weighted by molar-refractivity contribution is -0.127. The van der Waals surface area contributed by atoms with Gasteiger partial charge in [0.05, 0.1) is 18.6 Å². The number of amides is 1. The van der Waals surface area contributed by atoms with Crippen molar-refractivity contribution in [2.45, 2.75) is 64.1 Å². The van der Waals surface area contributed by atoms with Crippen LogP contribution in [0.2, 0.25) is 0 Å². The zero-order chi connectivity index (χ0) is 15.7. The minimum absolute atomic E-state index is 0.0989. The molecule has 1 unspecified atom stereocenters. The Hall–Kier alpha value is -1.33. The average Bonchev–Trinajstić information content (AvgIpc) is 2.93. The molecule has 1 amide bonds. The number of furan rings is 1. The highest BCUT2D eigenvalue weighted by atomic mass is 16.3. The topological polar surface area (TPSA) is 82.7 Å². The van der Waals surface area contributed by atoms with Crippen molar-refractivity contribution in [3.63, 3.8) is 0 Å². The van der Waals surface area contributed by atoms with Gasteiger partial charge in [0.15, 0.2) is 0 Å². The van der Waals surface area contributed by atoms with E-state index in [9.17, 15) is 15.0 Å². The molecular formula is C16H25NO4. The molecule has 1 aliphatic rings. The van der Waals surface area contributed by atoms with Gasteiger partial charge in [0, 0.05) is 5.56 Å². The van der Waals surface area contributed by atoms with Crippen molar-refractivity contribution in [2.75, 3.05) is 6.54 Å². The zero-order valence-electron chi connectivity index (χ0n) is 13.0.